The van der Waals surface area contributed by atoms with Gasteiger partial charge in [-0.3, -0.25) is 0 Å². The second kappa shape index (κ2) is 14.0. The SMILES string of the molecule is CO[C@H](/C=C(\C)COC(=O)[C@](OC)(c1ccccc1)C(F)(F)F)CCOC(=O)[C@](OC)(c1ccccc1)C(F)(F)F. The fraction of sp³-hybridized carbons (Fsp3) is 0.429. The van der Waals surface area contributed by atoms with Crippen molar-refractivity contribution in [2.75, 3.05) is 34.5 Å². The topological polar surface area (TPSA) is 80.3 Å². The number of ether oxygens (including phenoxy) is 5. The number of carbonyl (C=O) groups excluding carboxylic acids is 2. The zero-order chi connectivity index (χ0) is 30.9. The van der Waals surface area contributed by atoms with Crippen molar-refractivity contribution in [3.63, 3.8) is 0 Å². The van der Waals surface area contributed by atoms with Crippen molar-refractivity contribution >= 4 is 11.9 Å². The highest BCUT2D eigenvalue weighted by Gasteiger charge is 2.65. The second-order valence-corrected chi connectivity index (χ2v) is 8.79. The van der Waals surface area contributed by atoms with Crippen LogP contribution in [0.4, 0.5) is 26.3 Å². The Morgan fingerprint density at radius 3 is 1.51 bits per heavy atom. The van der Waals surface area contributed by atoms with Gasteiger partial charge in [0.2, 0.25) is 0 Å². The van der Waals surface area contributed by atoms with Gasteiger partial charge in [0.1, 0.15) is 6.61 Å². The number of alkyl halides is 6. The van der Waals surface area contributed by atoms with Gasteiger partial charge in [0.05, 0.1) is 12.7 Å². The maximum Gasteiger partial charge on any atom is 0.432 e. The van der Waals surface area contributed by atoms with Crippen LogP contribution in [-0.4, -0.2) is 64.9 Å². The van der Waals surface area contributed by atoms with Crippen LogP contribution >= 0.6 is 0 Å². The molecule has 2 rings (SSSR count). The summed E-state index contributed by atoms with van der Waals surface area (Å²) in [6.07, 6.45) is -9.91. The summed E-state index contributed by atoms with van der Waals surface area (Å²) in [5, 5.41) is 0. The molecule has 3 atom stereocenters. The first-order chi connectivity index (χ1) is 19.2. The van der Waals surface area contributed by atoms with Crippen LogP contribution in [0.15, 0.2) is 72.3 Å². The molecule has 0 radical (unpaired) electrons. The fourth-order valence-corrected chi connectivity index (χ4v) is 4.06. The van der Waals surface area contributed by atoms with Gasteiger partial charge in [0.25, 0.3) is 11.2 Å². The Hall–Kier alpha value is -3.42. The van der Waals surface area contributed by atoms with Gasteiger partial charge in [-0.2, -0.15) is 26.3 Å². The van der Waals surface area contributed by atoms with Crippen molar-refractivity contribution in [3.8, 4) is 0 Å². The Balaban J connectivity index is 2.10. The molecule has 0 bridgehead atoms. The molecule has 0 saturated heterocycles. The summed E-state index contributed by atoms with van der Waals surface area (Å²) in [5.74, 6) is -3.38. The zero-order valence-corrected chi connectivity index (χ0v) is 22.7. The van der Waals surface area contributed by atoms with Gasteiger partial charge in [-0.1, -0.05) is 66.7 Å². The van der Waals surface area contributed by atoms with Gasteiger partial charge >= 0.3 is 24.3 Å². The van der Waals surface area contributed by atoms with Crippen molar-refractivity contribution in [1.82, 2.24) is 0 Å². The zero-order valence-electron chi connectivity index (χ0n) is 22.7. The minimum atomic E-state index is -5.15. The molecule has 7 nitrogen and oxygen atoms in total. The fourth-order valence-electron chi connectivity index (χ4n) is 4.06. The predicted molar refractivity (Wildman–Crippen MR) is 133 cm³/mol. The van der Waals surface area contributed by atoms with Crippen molar-refractivity contribution in [2.45, 2.75) is 43.0 Å². The number of hydrogen-bond acceptors (Lipinski definition) is 7. The summed E-state index contributed by atoms with van der Waals surface area (Å²) in [4.78, 5) is 25.3. The predicted octanol–water partition coefficient (Wildman–Crippen LogP) is 5.63. The third-order valence-corrected chi connectivity index (χ3v) is 6.19. The summed E-state index contributed by atoms with van der Waals surface area (Å²) in [6.45, 7) is 0.329. The van der Waals surface area contributed by atoms with Crippen LogP contribution < -0.4 is 0 Å². The molecular weight excluding hydrogens is 562 g/mol. The van der Waals surface area contributed by atoms with Crippen LogP contribution in [0.3, 0.4) is 0 Å². The standard InChI is InChI=1S/C28H30F6O7/c1-19(18-41-24(36)26(39-4,28(32,33)34)21-13-9-6-10-14-21)17-22(37-2)15-16-40-23(35)25(38-3,27(29,30)31)20-11-7-5-8-12-20/h5-14,17,22H,15-16,18H2,1-4H3/b19-17+/t22-,25+,26+/m0/s1. The van der Waals surface area contributed by atoms with Gasteiger partial charge in [0, 0.05) is 38.9 Å². The summed E-state index contributed by atoms with van der Waals surface area (Å²) in [6, 6.07) is 12.5. The van der Waals surface area contributed by atoms with E-state index >= 15 is 0 Å². The van der Waals surface area contributed by atoms with Crippen molar-refractivity contribution in [1.29, 1.82) is 0 Å². The molecule has 0 heterocycles. The molecule has 0 aromatic heterocycles. The summed E-state index contributed by atoms with van der Waals surface area (Å²) >= 11 is 0. The van der Waals surface area contributed by atoms with E-state index < -0.39 is 65.9 Å². The Morgan fingerprint density at radius 1 is 0.732 bits per heavy atom. The van der Waals surface area contributed by atoms with E-state index in [0.717, 1.165) is 38.5 Å². The molecule has 2 aromatic rings. The van der Waals surface area contributed by atoms with Gasteiger partial charge in [-0.05, 0) is 12.5 Å². The average molecular weight is 593 g/mol. The quantitative estimate of drug-likeness (QED) is 0.169. The maximum atomic E-state index is 14.0. The first-order valence-electron chi connectivity index (χ1n) is 12.1. The monoisotopic (exact) mass is 592 g/mol. The summed E-state index contributed by atoms with van der Waals surface area (Å²) in [5.41, 5.74) is -7.42. The maximum absolute atomic E-state index is 14.0. The lowest BCUT2D eigenvalue weighted by Crippen LogP contribution is -2.51. The molecule has 0 aliphatic carbocycles. The van der Waals surface area contributed by atoms with E-state index in [0.29, 0.717) is 0 Å². The normalized spacial score (nSPS) is 16.3. The second-order valence-electron chi connectivity index (χ2n) is 8.79. The highest BCUT2D eigenvalue weighted by atomic mass is 19.4. The molecule has 0 fully saturated rings. The molecule has 41 heavy (non-hydrogen) atoms. The average Bonchev–Trinajstić information content (AvgIpc) is 2.92. The highest BCUT2D eigenvalue weighted by Crippen LogP contribution is 2.44. The first kappa shape index (κ1) is 33.8. The molecule has 226 valence electrons. The Morgan fingerprint density at radius 2 is 1.15 bits per heavy atom. The van der Waals surface area contributed by atoms with Gasteiger partial charge < -0.3 is 23.7 Å². The van der Waals surface area contributed by atoms with E-state index in [2.05, 4.69) is 9.47 Å². The van der Waals surface area contributed by atoms with Crippen LogP contribution in [0.5, 0.6) is 0 Å². The van der Waals surface area contributed by atoms with Crippen LogP contribution in [-0.2, 0) is 44.5 Å². The van der Waals surface area contributed by atoms with Crippen LogP contribution in [0.2, 0.25) is 0 Å². The third kappa shape index (κ3) is 7.27. The van der Waals surface area contributed by atoms with Crippen molar-refractivity contribution < 1.29 is 59.6 Å². The number of halogens is 6. The molecule has 0 spiro atoms. The molecule has 0 unspecified atom stereocenters. The van der Waals surface area contributed by atoms with Crippen molar-refractivity contribution in [3.05, 3.63) is 83.4 Å². The molecule has 13 heteroatoms. The highest BCUT2D eigenvalue weighted by molar-refractivity contribution is 5.83. The lowest BCUT2D eigenvalue weighted by molar-refractivity contribution is -0.277. The number of benzene rings is 2. The lowest BCUT2D eigenvalue weighted by atomic mass is 9.92. The van der Waals surface area contributed by atoms with Crippen molar-refractivity contribution in [2.24, 2.45) is 0 Å². The first-order valence-corrected chi connectivity index (χ1v) is 12.1. The number of carbonyl (C=O) groups is 2. The Kier molecular flexibility index (Phi) is 11.5. The van der Waals surface area contributed by atoms with E-state index in [4.69, 9.17) is 14.2 Å². The minimum Gasteiger partial charge on any atom is -0.463 e. The van der Waals surface area contributed by atoms with E-state index in [9.17, 15) is 35.9 Å². The van der Waals surface area contributed by atoms with E-state index in [-0.39, 0.29) is 12.0 Å². The molecule has 0 saturated carbocycles. The number of methoxy groups -OCH3 is 3. The molecule has 0 amide bonds. The Bertz CT molecular complexity index is 1170. The van der Waals surface area contributed by atoms with Crippen LogP contribution in [0.25, 0.3) is 0 Å². The van der Waals surface area contributed by atoms with Crippen LogP contribution in [0.1, 0.15) is 24.5 Å². The summed E-state index contributed by atoms with van der Waals surface area (Å²) in [7, 11) is 2.74. The van der Waals surface area contributed by atoms with Gasteiger partial charge in [-0.25, -0.2) is 9.59 Å². The summed E-state index contributed by atoms with van der Waals surface area (Å²) < 4.78 is 108. The number of hydrogen-bond donors (Lipinski definition) is 0. The molecular formula is C28H30F6O7. The van der Waals surface area contributed by atoms with Gasteiger partial charge in [0.15, 0.2) is 0 Å². The van der Waals surface area contributed by atoms with Gasteiger partial charge in [-0.15, -0.1) is 0 Å². The molecule has 0 aliphatic rings. The minimum absolute atomic E-state index is 0.130. The lowest BCUT2D eigenvalue weighted by Gasteiger charge is -2.32. The van der Waals surface area contributed by atoms with E-state index in [1.165, 1.54) is 56.5 Å². The number of esters is 2. The van der Waals surface area contributed by atoms with E-state index in [1.54, 1.807) is 0 Å². The molecule has 0 aliphatic heterocycles. The Labute approximate surface area is 233 Å². The molecule has 2 aromatic carbocycles. The smallest absolute Gasteiger partial charge is 0.432 e. The van der Waals surface area contributed by atoms with E-state index in [1.807, 2.05) is 0 Å². The number of rotatable bonds is 13. The largest absolute Gasteiger partial charge is 0.463 e. The molecule has 0 N–H and O–H groups in total. The third-order valence-electron chi connectivity index (χ3n) is 6.19. The van der Waals surface area contributed by atoms with Crippen LogP contribution in [0, 0.1) is 0 Å².